The van der Waals surface area contributed by atoms with Gasteiger partial charge in [-0.25, -0.2) is 8.78 Å². The minimum atomic E-state index is -0.556. The van der Waals surface area contributed by atoms with Crippen LogP contribution in [0.3, 0.4) is 0 Å². The van der Waals surface area contributed by atoms with Gasteiger partial charge in [-0.1, -0.05) is 66.7 Å². The first-order valence-corrected chi connectivity index (χ1v) is 10.0. The third kappa shape index (κ3) is 6.48. The third-order valence-electron chi connectivity index (χ3n) is 5.21. The maximum Gasteiger partial charge on any atom is 0.129 e. The van der Waals surface area contributed by atoms with Crippen LogP contribution in [0, 0.1) is 11.6 Å². The highest BCUT2D eigenvalue weighted by Gasteiger charge is 2.17. The maximum atomic E-state index is 14.3. The molecule has 0 unspecified atom stereocenters. The minimum absolute atomic E-state index is 0.0927. The lowest BCUT2D eigenvalue weighted by molar-refractivity contribution is 0.185. The number of nitrogens with zero attached hydrogens (tertiary/aromatic N) is 1. The lowest BCUT2D eigenvalue weighted by Crippen LogP contribution is -2.29. The van der Waals surface area contributed by atoms with E-state index in [0.29, 0.717) is 18.5 Å². The zero-order valence-electron chi connectivity index (χ0n) is 16.5. The predicted octanol–water partition coefficient (Wildman–Crippen LogP) is 5.18. The Hall–Kier alpha value is -2.56. The maximum absolute atomic E-state index is 14.3. The molecule has 0 aliphatic carbocycles. The molecule has 1 N–H and O–H groups in total. The molecule has 0 aromatic heterocycles. The smallest absolute Gasteiger partial charge is 0.129 e. The molecule has 0 bridgehead atoms. The zero-order chi connectivity index (χ0) is 20.5. The van der Waals surface area contributed by atoms with Crippen molar-refractivity contribution < 1.29 is 13.9 Å². The number of aliphatic hydroxyl groups is 1. The van der Waals surface area contributed by atoms with Crippen molar-refractivity contribution in [1.82, 2.24) is 4.90 Å². The number of aliphatic hydroxyl groups excluding tert-OH is 1. The van der Waals surface area contributed by atoms with Crippen molar-refractivity contribution in [3.05, 3.63) is 107 Å². The summed E-state index contributed by atoms with van der Waals surface area (Å²) in [4.78, 5) is 2.21. The first-order chi connectivity index (χ1) is 14.2. The predicted molar refractivity (Wildman–Crippen MR) is 113 cm³/mol. The van der Waals surface area contributed by atoms with Gasteiger partial charge in [-0.2, -0.15) is 0 Å². The van der Waals surface area contributed by atoms with Gasteiger partial charge < -0.3 is 5.11 Å². The SMILES string of the molecule is OCCN(CC[C@@H](Cc1ccc(F)cc1F)c1ccccc1)Cc1ccccc1. The summed E-state index contributed by atoms with van der Waals surface area (Å²) in [6.07, 6.45) is 1.32. The molecule has 2 nitrogen and oxygen atoms in total. The van der Waals surface area contributed by atoms with Crippen molar-refractivity contribution in [1.29, 1.82) is 0 Å². The molecule has 0 saturated heterocycles. The molecule has 0 aliphatic rings. The highest BCUT2D eigenvalue weighted by Crippen LogP contribution is 2.26. The molecule has 0 spiro atoms. The molecule has 3 rings (SSSR count). The van der Waals surface area contributed by atoms with Crippen LogP contribution in [0.5, 0.6) is 0 Å². The van der Waals surface area contributed by atoms with Gasteiger partial charge in [-0.15, -0.1) is 0 Å². The van der Waals surface area contributed by atoms with Crippen LogP contribution < -0.4 is 0 Å². The lowest BCUT2D eigenvalue weighted by Gasteiger charge is -2.25. The Morgan fingerprint density at radius 3 is 2.17 bits per heavy atom. The Labute approximate surface area is 171 Å². The lowest BCUT2D eigenvalue weighted by atomic mass is 9.89. The van der Waals surface area contributed by atoms with Gasteiger partial charge >= 0.3 is 0 Å². The Morgan fingerprint density at radius 2 is 1.52 bits per heavy atom. The first kappa shape index (κ1) is 21.2. The fourth-order valence-electron chi connectivity index (χ4n) is 3.66. The number of hydrogen-bond donors (Lipinski definition) is 1. The molecule has 152 valence electrons. The van der Waals surface area contributed by atoms with Gasteiger partial charge in [-0.05, 0) is 48.1 Å². The van der Waals surface area contributed by atoms with Crippen LogP contribution in [0.4, 0.5) is 8.78 Å². The summed E-state index contributed by atoms with van der Waals surface area (Å²) < 4.78 is 27.5. The highest BCUT2D eigenvalue weighted by molar-refractivity contribution is 5.25. The van der Waals surface area contributed by atoms with E-state index in [1.54, 1.807) is 0 Å². The van der Waals surface area contributed by atoms with Crippen molar-refractivity contribution in [3.63, 3.8) is 0 Å². The fourth-order valence-corrected chi connectivity index (χ4v) is 3.66. The van der Waals surface area contributed by atoms with Crippen LogP contribution in [0.15, 0.2) is 78.9 Å². The van der Waals surface area contributed by atoms with E-state index >= 15 is 0 Å². The van der Waals surface area contributed by atoms with Gasteiger partial charge in [0.25, 0.3) is 0 Å². The molecular formula is C25H27F2NO. The highest BCUT2D eigenvalue weighted by atomic mass is 19.1. The fraction of sp³-hybridized carbons (Fsp3) is 0.280. The van der Waals surface area contributed by atoms with Crippen molar-refractivity contribution in [2.75, 3.05) is 19.7 Å². The van der Waals surface area contributed by atoms with Crippen LogP contribution in [-0.4, -0.2) is 29.7 Å². The minimum Gasteiger partial charge on any atom is -0.395 e. The number of halogens is 2. The van der Waals surface area contributed by atoms with E-state index in [9.17, 15) is 13.9 Å². The van der Waals surface area contributed by atoms with E-state index in [1.807, 2.05) is 36.4 Å². The number of benzene rings is 3. The van der Waals surface area contributed by atoms with E-state index in [2.05, 4.69) is 29.2 Å². The quantitative estimate of drug-likeness (QED) is 0.512. The molecule has 0 radical (unpaired) electrons. The van der Waals surface area contributed by atoms with E-state index in [4.69, 9.17) is 0 Å². The Kier molecular flexibility index (Phi) is 7.91. The monoisotopic (exact) mass is 395 g/mol. The summed E-state index contributed by atoms with van der Waals surface area (Å²) >= 11 is 0. The van der Waals surface area contributed by atoms with E-state index in [-0.39, 0.29) is 12.5 Å². The molecule has 0 amide bonds. The molecule has 4 heteroatoms. The van der Waals surface area contributed by atoms with Crippen LogP contribution in [-0.2, 0) is 13.0 Å². The van der Waals surface area contributed by atoms with Gasteiger partial charge in [0, 0.05) is 19.2 Å². The third-order valence-corrected chi connectivity index (χ3v) is 5.21. The molecule has 1 atom stereocenters. The van der Waals surface area contributed by atoms with Crippen molar-refractivity contribution in [2.45, 2.75) is 25.3 Å². The van der Waals surface area contributed by atoms with Crippen LogP contribution in [0.25, 0.3) is 0 Å². The normalized spacial score (nSPS) is 12.3. The second-order valence-corrected chi connectivity index (χ2v) is 7.32. The average Bonchev–Trinajstić information content (AvgIpc) is 2.74. The van der Waals surface area contributed by atoms with E-state index in [1.165, 1.54) is 17.7 Å². The standard InChI is InChI=1S/C25H27F2NO/c26-24-12-11-23(25(27)18-24)17-22(21-9-5-2-6-10-21)13-14-28(15-16-29)19-20-7-3-1-4-8-20/h1-12,18,22,29H,13-17,19H2/t22-/m0/s1. The second-order valence-electron chi connectivity index (χ2n) is 7.32. The van der Waals surface area contributed by atoms with E-state index in [0.717, 1.165) is 31.1 Å². The summed E-state index contributed by atoms with van der Waals surface area (Å²) in [6, 6.07) is 24.0. The van der Waals surface area contributed by atoms with Crippen molar-refractivity contribution in [3.8, 4) is 0 Å². The molecule has 29 heavy (non-hydrogen) atoms. The van der Waals surface area contributed by atoms with Gasteiger partial charge in [0.15, 0.2) is 0 Å². The first-order valence-electron chi connectivity index (χ1n) is 10.0. The van der Waals surface area contributed by atoms with Gasteiger partial charge in [0.05, 0.1) is 6.61 Å². The zero-order valence-corrected chi connectivity index (χ0v) is 16.5. The van der Waals surface area contributed by atoms with Gasteiger partial charge in [-0.3, -0.25) is 4.90 Å². The molecular weight excluding hydrogens is 368 g/mol. The van der Waals surface area contributed by atoms with E-state index < -0.39 is 11.6 Å². The summed E-state index contributed by atoms with van der Waals surface area (Å²) in [5.74, 6) is -0.949. The average molecular weight is 395 g/mol. The Bertz CT molecular complexity index is 871. The summed E-state index contributed by atoms with van der Waals surface area (Å²) in [7, 11) is 0. The second kappa shape index (κ2) is 10.8. The number of hydrogen-bond acceptors (Lipinski definition) is 2. The Morgan fingerprint density at radius 1 is 0.828 bits per heavy atom. The largest absolute Gasteiger partial charge is 0.395 e. The topological polar surface area (TPSA) is 23.5 Å². The van der Waals surface area contributed by atoms with Crippen LogP contribution in [0.2, 0.25) is 0 Å². The summed E-state index contributed by atoms with van der Waals surface area (Å²) in [5.41, 5.74) is 2.86. The molecule has 3 aromatic rings. The molecule has 0 aliphatic heterocycles. The molecule has 3 aromatic carbocycles. The molecule has 0 fully saturated rings. The summed E-state index contributed by atoms with van der Waals surface area (Å²) in [5, 5.41) is 9.47. The van der Waals surface area contributed by atoms with Crippen molar-refractivity contribution in [2.24, 2.45) is 0 Å². The van der Waals surface area contributed by atoms with Crippen molar-refractivity contribution >= 4 is 0 Å². The van der Waals surface area contributed by atoms with Crippen LogP contribution >= 0.6 is 0 Å². The Balaban J connectivity index is 1.73. The van der Waals surface area contributed by atoms with Gasteiger partial charge in [0.2, 0.25) is 0 Å². The van der Waals surface area contributed by atoms with Crippen LogP contribution in [0.1, 0.15) is 29.0 Å². The molecule has 0 heterocycles. The summed E-state index contributed by atoms with van der Waals surface area (Å²) in [6.45, 7) is 2.21. The van der Waals surface area contributed by atoms with Gasteiger partial charge in [0.1, 0.15) is 11.6 Å². The number of rotatable bonds is 10. The molecule has 0 saturated carbocycles.